The molecule has 3 aromatic rings. The molecule has 3 aromatic carbocycles. The molecule has 0 saturated carbocycles. The van der Waals surface area contributed by atoms with Crippen LogP contribution in [0.15, 0.2) is 72.8 Å². The molecular formula is C21H20O3. The van der Waals surface area contributed by atoms with Crippen molar-refractivity contribution in [2.45, 2.75) is 5.92 Å². The van der Waals surface area contributed by atoms with Crippen LogP contribution in [0.3, 0.4) is 0 Å². The van der Waals surface area contributed by atoms with Gasteiger partial charge >= 0.3 is 0 Å². The molecule has 0 fully saturated rings. The van der Waals surface area contributed by atoms with Gasteiger partial charge in [-0.25, -0.2) is 0 Å². The van der Waals surface area contributed by atoms with E-state index in [-0.39, 0.29) is 11.7 Å². The van der Waals surface area contributed by atoms with Crippen molar-refractivity contribution in [3.8, 4) is 17.2 Å². The number of ether oxygens (including phenoxy) is 2. The van der Waals surface area contributed by atoms with E-state index in [1.807, 2.05) is 66.7 Å². The zero-order valence-electron chi connectivity index (χ0n) is 13.8. The van der Waals surface area contributed by atoms with Crippen molar-refractivity contribution in [3.63, 3.8) is 0 Å². The molecule has 3 heteroatoms. The Hall–Kier alpha value is -2.94. The number of benzene rings is 3. The van der Waals surface area contributed by atoms with E-state index in [2.05, 4.69) is 0 Å². The number of hydrogen-bond donors (Lipinski definition) is 1. The van der Waals surface area contributed by atoms with E-state index in [1.165, 1.54) is 0 Å². The first-order chi connectivity index (χ1) is 11.7. The molecule has 0 aliphatic carbocycles. The summed E-state index contributed by atoms with van der Waals surface area (Å²) in [5.41, 5.74) is 3.04. The Morgan fingerprint density at radius 1 is 0.667 bits per heavy atom. The average molecular weight is 320 g/mol. The summed E-state index contributed by atoms with van der Waals surface area (Å²) in [7, 11) is 3.30. The lowest BCUT2D eigenvalue weighted by Crippen LogP contribution is -2.04. The number of aromatic hydroxyl groups is 1. The fourth-order valence-electron chi connectivity index (χ4n) is 2.88. The summed E-state index contributed by atoms with van der Waals surface area (Å²) in [6.45, 7) is 0. The summed E-state index contributed by atoms with van der Waals surface area (Å²) >= 11 is 0. The number of methoxy groups -OCH3 is 2. The van der Waals surface area contributed by atoms with Gasteiger partial charge in [0.2, 0.25) is 0 Å². The summed E-state index contributed by atoms with van der Waals surface area (Å²) in [4.78, 5) is 0. The Balaban J connectivity index is 2.10. The van der Waals surface area contributed by atoms with Crippen LogP contribution in [-0.2, 0) is 0 Å². The second-order valence-electron chi connectivity index (χ2n) is 5.54. The molecule has 0 radical (unpaired) electrons. The minimum absolute atomic E-state index is 0.0667. The van der Waals surface area contributed by atoms with Crippen molar-refractivity contribution >= 4 is 0 Å². The Bertz CT molecular complexity index is 745. The first-order valence-corrected chi connectivity index (χ1v) is 7.78. The maximum Gasteiger partial charge on any atom is 0.119 e. The quantitative estimate of drug-likeness (QED) is 0.699. The summed E-state index contributed by atoms with van der Waals surface area (Å²) in [6.07, 6.45) is 0. The van der Waals surface area contributed by atoms with Gasteiger partial charge in [0.05, 0.1) is 14.2 Å². The zero-order valence-corrected chi connectivity index (χ0v) is 13.8. The van der Waals surface area contributed by atoms with Crippen molar-refractivity contribution in [3.05, 3.63) is 89.5 Å². The van der Waals surface area contributed by atoms with Crippen LogP contribution >= 0.6 is 0 Å². The van der Waals surface area contributed by atoms with Gasteiger partial charge in [-0.05, 0) is 41.5 Å². The molecular weight excluding hydrogens is 300 g/mol. The normalized spacial score (nSPS) is 10.6. The Morgan fingerprint density at radius 3 is 1.54 bits per heavy atom. The van der Waals surface area contributed by atoms with Crippen LogP contribution in [0, 0.1) is 0 Å². The number of rotatable bonds is 5. The second-order valence-corrected chi connectivity index (χ2v) is 5.54. The Kier molecular flexibility index (Phi) is 4.71. The third-order valence-electron chi connectivity index (χ3n) is 4.15. The second kappa shape index (κ2) is 7.09. The third kappa shape index (κ3) is 3.20. The van der Waals surface area contributed by atoms with Crippen LogP contribution in [0.1, 0.15) is 22.6 Å². The maximum atomic E-state index is 10.4. The lowest BCUT2D eigenvalue weighted by Gasteiger charge is -2.20. The minimum Gasteiger partial charge on any atom is -0.508 e. The SMILES string of the molecule is COc1ccc(C(c2ccc(OC)cc2)c2ccccc2O)cc1. The largest absolute Gasteiger partial charge is 0.508 e. The van der Waals surface area contributed by atoms with E-state index in [0.29, 0.717) is 0 Å². The number of hydrogen-bond acceptors (Lipinski definition) is 3. The van der Waals surface area contributed by atoms with Crippen LogP contribution in [0.2, 0.25) is 0 Å². The summed E-state index contributed by atoms with van der Waals surface area (Å²) in [6, 6.07) is 23.3. The van der Waals surface area contributed by atoms with E-state index in [9.17, 15) is 5.11 Å². The molecule has 0 aromatic heterocycles. The van der Waals surface area contributed by atoms with E-state index in [1.54, 1.807) is 20.3 Å². The van der Waals surface area contributed by atoms with E-state index in [4.69, 9.17) is 9.47 Å². The Labute approximate surface area is 142 Å². The Morgan fingerprint density at radius 2 is 1.12 bits per heavy atom. The van der Waals surface area contributed by atoms with Crippen molar-refractivity contribution < 1.29 is 14.6 Å². The van der Waals surface area contributed by atoms with Gasteiger partial charge in [-0.2, -0.15) is 0 Å². The fraction of sp³-hybridized carbons (Fsp3) is 0.143. The standard InChI is InChI=1S/C21H20O3/c1-23-17-11-7-15(8-12-17)21(19-5-3-4-6-20(19)22)16-9-13-18(24-2)14-10-16/h3-14,21-22H,1-2H3. The predicted octanol–water partition coefficient (Wildman–Crippen LogP) is 4.59. The van der Waals surface area contributed by atoms with E-state index < -0.39 is 0 Å². The average Bonchev–Trinajstić information content (AvgIpc) is 2.64. The maximum absolute atomic E-state index is 10.4. The van der Waals surface area contributed by atoms with Gasteiger partial charge in [0.15, 0.2) is 0 Å². The van der Waals surface area contributed by atoms with Crippen LogP contribution in [-0.4, -0.2) is 19.3 Å². The van der Waals surface area contributed by atoms with Crippen molar-refractivity contribution in [2.24, 2.45) is 0 Å². The van der Waals surface area contributed by atoms with Gasteiger partial charge in [-0.3, -0.25) is 0 Å². The molecule has 0 aliphatic heterocycles. The zero-order chi connectivity index (χ0) is 16.9. The molecule has 1 N–H and O–H groups in total. The first-order valence-electron chi connectivity index (χ1n) is 7.78. The van der Waals surface area contributed by atoms with Gasteiger partial charge in [-0.1, -0.05) is 42.5 Å². The van der Waals surface area contributed by atoms with E-state index >= 15 is 0 Å². The monoisotopic (exact) mass is 320 g/mol. The fourth-order valence-corrected chi connectivity index (χ4v) is 2.88. The number of phenolic OH excluding ortho intramolecular Hbond substituents is 1. The molecule has 0 atom stereocenters. The molecule has 0 saturated heterocycles. The lowest BCUT2D eigenvalue weighted by atomic mass is 9.84. The van der Waals surface area contributed by atoms with E-state index in [0.717, 1.165) is 28.2 Å². The highest BCUT2D eigenvalue weighted by Gasteiger charge is 2.19. The highest BCUT2D eigenvalue weighted by Crippen LogP contribution is 2.37. The lowest BCUT2D eigenvalue weighted by molar-refractivity contribution is 0.414. The van der Waals surface area contributed by atoms with Crippen LogP contribution in [0.4, 0.5) is 0 Å². The molecule has 0 spiro atoms. The number of para-hydroxylation sites is 1. The smallest absolute Gasteiger partial charge is 0.119 e. The summed E-state index contributed by atoms with van der Waals surface area (Å²) in [5.74, 6) is 1.84. The molecule has 0 amide bonds. The van der Waals surface area contributed by atoms with Crippen molar-refractivity contribution in [1.82, 2.24) is 0 Å². The van der Waals surface area contributed by atoms with Gasteiger partial charge in [-0.15, -0.1) is 0 Å². The molecule has 24 heavy (non-hydrogen) atoms. The molecule has 0 aliphatic rings. The summed E-state index contributed by atoms with van der Waals surface area (Å²) < 4.78 is 10.5. The molecule has 3 rings (SSSR count). The van der Waals surface area contributed by atoms with Gasteiger partial charge < -0.3 is 14.6 Å². The molecule has 0 unspecified atom stereocenters. The first kappa shape index (κ1) is 15.9. The topological polar surface area (TPSA) is 38.7 Å². The molecule has 3 nitrogen and oxygen atoms in total. The van der Waals surface area contributed by atoms with Gasteiger partial charge in [0.25, 0.3) is 0 Å². The third-order valence-corrected chi connectivity index (χ3v) is 4.15. The molecule has 0 heterocycles. The highest BCUT2D eigenvalue weighted by molar-refractivity contribution is 5.50. The molecule has 122 valence electrons. The minimum atomic E-state index is -0.0667. The summed E-state index contributed by atoms with van der Waals surface area (Å²) in [5, 5.41) is 10.4. The highest BCUT2D eigenvalue weighted by atomic mass is 16.5. The number of phenols is 1. The van der Waals surface area contributed by atoms with Gasteiger partial charge in [0.1, 0.15) is 17.2 Å². The van der Waals surface area contributed by atoms with Crippen molar-refractivity contribution in [1.29, 1.82) is 0 Å². The molecule has 0 bridgehead atoms. The van der Waals surface area contributed by atoms with Crippen LogP contribution < -0.4 is 9.47 Å². The van der Waals surface area contributed by atoms with Crippen LogP contribution in [0.5, 0.6) is 17.2 Å². The van der Waals surface area contributed by atoms with Gasteiger partial charge in [0, 0.05) is 11.5 Å². The van der Waals surface area contributed by atoms with Crippen molar-refractivity contribution in [2.75, 3.05) is 14.2 Å². The predicted molar refractivity (Wildman–Crippen MR) is 95.0 cm³/mol. The van der Waals surface area contributed by atoms with Crippen LogP contribution in [0.25, 0.3) is 0 Å².